The molecule has 3 aromatic carbocycles. The maximum Gasteiger partial charge on any atom is 0.266 e. The van der Waals surface area contributed by atoms with Crippen LogP contribution in [0.5, 0.6) is 0 Å². The van der Waals surface area contributed by atoms with E-state index >= 15 is 0 Å². The minimum absolute atomic E-state index is 0.0158. The van der Waals surface area contributed by atoms with Crippen molar-refractivity contribution in [3.05, 3.63) is 100 Å². The summed E-state index contributed by atoms with van der Waals surface area (Å²) < 4.78 is 1.60. The van der Waals surface area contributed by atoms with Crippen LogP contribution in [0.2, 0.25) is 0 Å². The highest BCUT2D eigenvalue weighted by atomic mass is 16.2. The fourth-order valence-electron chi connectivity index (χ4n) is 6.82. The van der Waals surface area contributed by atoms with Gasteiger partial charge in [-0.1, -0.05) is 44.2 Å². The molecule has 0 unspecified atom stereocenters. The van der Waals surface area contributed by atoms with Crippen molar-refractivity contribution in [1.82, 2.24) is 14.9 Å². The van der Waals surface area contributed by atoms with Gasteiger partial charge in [-0.05, 0) is 55.3 Å². The summed E-state index contributed by atoms with van der Waals surface area (Å²) in [5, 5.41) is 4.18. The summed E-state index contributed by atoms with van der Waals surface area (Å²) in [5.41, 5.74) is 1.53. The number of anilines is 1. The van der Waals surface area contributed by atoms with Crippen molar-refractivity contribution < 1.29 is 14.4 Å². The summed E-state index contributed by atoms with van der Waals surface area (Å²) in [6.45, 7) is 5.52. The molecule has 2 saturated heterocycles. The Balaban J connectivity index is 1.49. The largest absolute Gasteiger partial charge is 0.296 e. The zero-order valence-corrected chi connectivity index (χ0v) is 21.7. The molecule has 7 rings (SSSR count). The summed E-state index contributed by atoms with van der Waals surface area (Å²) in [7, 11) is 0. The van der Waals surface area contributed by atoms with Crippen molar-refractivity contribution in [2.45, 2.75) is 32.4 Å². The smallest absolute Gasteiger partial charge is 0.266 e. The number of amides is 2. The Kier molecular flexibility index (Phi) is 4.88. The third kappa shape index (κ3) is 2.95. The van der Waals surface area contributed by atoms with E-state index in [1.165, 1.54) is 11.8 Å². The molecule has 1 spiro atoms. The molecule has 4 heterocycles. The predicted molar refractivity (Wildman–Crippen MR) is 146 cm³/mol. The number of hydrogen-bond donors (Lipinski definition) is 1. The number of para-hydroxylation sites is 2. The maximum absolute atomic E-state index is 14.4. The van der Waals surface area contributed by atoms with E-state index in [1.807, 2.05) is 50.2 Å². The number of hydrogen-bond acceptors (Lipinski definition) is 6. The molecule has 39 heavy (non-hydrogen) atoms. The minimum Gasteiger partial charge on any atom is -0.296 e. The van der Waals surface area contributed by atoms with Gasteiger partial charge in [0.25, 0.3) is 5.56 Å². The Morgan fingerprint density at radius 1 is 0.923 bits per heavy atom. The number of ketones is 1. The highest BCUT2D eigenvalue weighted by Gasteiger charge is 2.70. The molecule has 4 aromatic rings. The molecule has 2 amide bonds. The van der Waals surface area contributed by atoms with Gasteiger partial charge in [0.2, 0.25) is 11.8 Å². The molecule has 194 valence electrons. The third-order valence-corrected chi connectivity index (χ3v) is 8.55. The maximum atomic E-state index is 14.4. The third-order valence-electron chi connectivity index (χ3n) is 8.55. The number of Topliss-reactive ketones (excluding diaryl/α,β-unsaturated/α-hetero) is 1. The van der Waals surface area contributed by atoms with Crippen LogP contribution < -0.4 is 15.8 Å². The summed E-state index contributed by atoms with van der Waals surface area (Å²) in [6.07, 6.45) is 0. The van der Waals surface area contributed by atoms with Crippen LogP contribution in [0.3, 0.4) is 0 Å². The first-order valence-corrected chi connectivity index (χ1v) is 13.1. The van der Waals surface area contributed by atoms with Crippen LogP contribution in [-0.2, 0) is 15.1 Å². The van der Waals surface area contributed by atoms with Crippen LogP contribution in [0.1, 0.15) is 42.5 Å². The van der Waals surface area contributed by atoms with Crippen molar-refractivity contribution in [3.8, 4) is 5.69 Å². The summed E-state index contributed by atoms with van der Waals surface area (Å²) in [5.74, 6) is -1.75. The Morgan fingerprint density at radius 3 is 2.33 bits per heavy atom. The first-order valence-electron chi connectivity index (χ1n) is 13.1. The van der Waals surface area contributed by atoms with Gasteiger partial charge in [-0.15, -0.1) is 0 Å². The van der Waals surface area contributed by atoms with Gasteiger partial charge in [-0.3, -0.25) is 29.1 Å². The molecule has 0 radical (unpaired) electrons. The minimum atomic E-state index is -1.17. The normalized spacial score (nSPS) is 25.0. The molecule has 0 bridgehead atoms. The topological polar surface area (TPSA) is 101 Å². The lowest BCUT2D eigenvalue weighted by Crippen LogP contribution is -2.51. The molecule has 0 aliphatic carbocycles. The van der Waals surface area contributed by atoms with E-state index in [4.69, 9.17) is 4.98 Å². The molecule has 1 aromatic heterocycles. The van der Waals surface area contributed by atoms with Crippen molar-refractivity contribution >= 4 is 34.2 Å². The number of carbonyl (C=O) groups is 3. The SMILES string of the molecule is CC(=O)c1ccc(N2C(=O)[C@H]3[C@H](C(C)C)N[C@@]4(c5ccccc5-n5c4nc4ccccc4c5=O)[C@H]3C2=O)cc1. The molecule has 3 aliphatic rings. The van der Waals surface area contributed by atoms with Crippen LogP contribution in [0.25, 0.3) is 16.6 Å². The van der Waals surface area contributed by atoms with E-state index in [0.29, 0.717) is 33.7 Å². The van der Waals surface area contributed by atoms with E-state index in [0.717, 1.165) is 5.56 Å². The van der Waals surface area contributed by atoms with Crippen molar-refractivity contribution in [2.24, 2.45) is 17.8 Å². The van der Waals surface area contributed by atoms with Crippen LogP contribution in [0.4, 0.5) is 5.69 Å². The fourth-order valence-corrected chi connectivity index (χ4v) is 6.82. The van der Waals surface area contributed by atoms with Gasteiger partial charge in [0.15, 0.2) is 5.78 Å². The molecule has 3 aliphatic heterocycles. The quantitative estimate of drug-likeness (QED) is 0.329. The van der Waals surface area contributed by atoms with E-state index in [-0.39, 0.29) is 35.1 Å². The second-order valence-corrected chi connectivity index (χ2v) is 11.0. The number of benzene rings is 3. The fraction of sp³-hybridized carbons (Fsp3) is 0.258. The van der Waals surface area contributed by atoms with Crippen molar-refractivity contribution in [2.75, 3.05) is 4.90 Å². The average Bonchev–Trinajstić information content (AvgIpc) is 3.52. The summed E-state index contributed by atoms with van der Waals surface area (Å²) in [4.78, 5) is 60.4. The molecule has 4 atom stereocenters. The molecule has 2 fully saturated rings. The summed E-state index contributed by atoms with van der Waals surface area (Å²) in [6, 6.07) is 20.9. The van der Waals surface area contributed by atoms with Crippen LogP contribution in [0.15, 0.2) is 77.6 Å². The lowest BCUT2D eigenvalue weighted by atomic mass is 9.75. The van der Waals surface area contributed by atoms with E-state index < -0.39 is 17.4 Å². The number of aromatic nitrogens is 2. The van der Waals surface area contributed by atoms with Crippen molar-refractivity contribution in [3.63, 3.8) is 0 Å². The molecular formula is C31H26N4O4. The monoisotopic (exact) mass is 518 g/mol. The van der Waals surface area contributed by atoms with Gasteiger partial charge in [0.05, 0.1) is 34.1 Å². The molecule has 8 nitrogen and oxygen atoms in total. The van der Waals surface area contributed by atoms with E-state index in [2.05, 4.69) is 5.32 Å². The second kappa shape index (κ2) is 8.04. The Hall–Kier alpha value is -4.43. The van der Waals surface area contributed by atoms with E-state index in [1.54, 1.807) is 41.0 Å². The van der Waals surface area contributed by atoms with Gasteiger partial charge in [-0.25, -0.2) is 9.88 Å². The van der Waals surface area contributed by atoms with E-state index in [9.17, 15) is 19.2 Å². The van der Waals surface area contributed by atoms with Gasteiger partial charge in [0.1, 0.15) is 11.4 Å². The Labute approximate surface area is 224 Å². The predicted octanol–water partition coefficient (Wildman–Crippen LogP) is 3.58. The van der Waals surface area contributed by atoms with Crippen LogP contribution in [-0.4, -0.2) is 33.2 Å². The van der Waals surface area contributed by atoms with Gasteiger partial charge in [0, 0.05) is 17.2 Å². The standard InChI is InChI=1S/C31H26N4O4/c1-16(2)26-24-25(29(39)34(28(24)38)19-14-12-18(13-15-19)17(3)36)31(33-26)21-9-5-7-11-23(21)35-27(37)20-8-4-6-10-22(20)32-30(31)35/h4-16,24-26,33H,1-3H3/t24-,25-,26+,31+/m1/s1. The zero-order valence-electron chi connectivity index (χ0n) is 21.7. The number of fused-ring (bicyclic) bond motifs is 8. The van der Waals surface area contributed by atoms with Crippen LogP contribution >= 0.6 is 0 Å². The van der Waals surface area contributed by atoms with Gasteiger partial charge >= 0.3 is 0 Å². The number of nitrogens with zero attached hydrogens (tertiary/aromatic N) is 3. The summed E-state index contributed by atoms with van der Waals surface area (Å²) >= 11 is 0. The van der Waals surface area contributed by atoms with Gasteiger partial charge in [-0.2, -0.15) is 0 Å². The second-order valence-electron chi connectivity index (χ2n) is 11.0. The Morgan fingerprint density at radius 2 is 1.62 bits per heavy atom. The molecule has 0 saturated carbocycles. The molecule has 8 heteroatoms. The first-order chi connectivity index (χ1) is 18.8. The number of rotatable bonds is 3. The Bertz CT molecular complexity index is 1790. The van der Waals surface area contributed by atoms with Gasteiger partial charge < -0.3 is 0 Å². The molecular weight excluding hydrogens is 492 g/mol. The first kappa shape index (κ1) is 23.7. The number of nitrogens with one attached hydrogen (secondary N) is 1. The number of carbonyl (C=O) groups excluding carboxylic acids is 3. The van der Waals surface area contributed by atoms with Crippen molar-refractivity contribution in [1.29, 1.82) is 0 Å². The zero-order chi connectivity index (χ0) is 27.2. The lowest BCUT2D eigenvalue weighted by molar-refractivity contribution is -0.123. The average molecular weight is 519 g/mol. The molecule has 1 N–H and O–H groups in total. The van der Waals surface area contributed by atoms with Crippen LogP contribution in [0, 0.1) is 17.8 Å². The highest BCUT2D eigenvalue weighted by molar-refractivity contribution is 6.23. The highest BCUT2D eigenvalue weighted by Crippen LogP contribution is 2.56. The lowest BCUT2D eigenvalue weighted by Gasteiger charge is -2.32. The number of imide groups is 1.